The van der Waals surface area contributed by atoms with Gasteiger partial charge in [0.15, 0.2) is 0 Å². The molecule has 26 heavy (non-hydrogen) atoms. The van der Waals surface area contributed by atoms with Crippen molar-refractivity contribution >= 4 is 5.97 Å². The minimum absolute atomic E-state index is 0.110. The summed E-state index contributed by atoms with van der Waals surface area (Å²) < 4.78 is 0. The molecule has 1 aliphatic carbocycles. The van der Waals surface area contributed by atoms with E-state index in [4.69, 9.17) is 5.11 Å². The molecule has 0 aromatic rings. The smallest absolute Gasteiger partial charge is 0.303 e. The minimum atomic E-state index is -0.801. The maximum Gasteiger partial charge on any atom is 0.303 e. The average molecular weight is 370 g/mol. The van der Waals surface area contributed by atoms with E-state index in [1.165, 1.54) is 0 Å². The Morgan fingerprint density at radius 2 is 1.85 bits per heavy atom. The number of aliphatic hydroxyl groups is 4. The normalized spacial score (nSPS) is 28.8. The fraction of sp³-hybridized carbons (Fsp3) is 0.750. The lowest BCUT2D eigenvalue weighted by Crippen LogP contribution is -2.20. The molecule has 1 fully saturated rings. The lowest BCUT2D eigenvalue weighted by molar-refractivity contribution is -0.137. The molecule has 150 valence electrons. The highest BCUT2D eigenvalue weighted by molar-refractivity contribution is 5.66. The second-order valence-corrected chi connectivity index (χ2v) is 7.34. The van der Waals surface area contributed by atoms with Gasteiger partial charge in [0, 0.05) is 18.8 Å². The number of unbranched alkanes of at least 4 members (excludes halogenated alkanes) is 1. The van der Waals surface area contributed by atoms with Crippen molar-refractivity contribution in [3.63, 3.8) is 0 Å². The average Bonchev–Trinajstić information content (AvgIpc) is 2.81. The molecule has 0 aliphatic heterocycles. The van der Waals surface area contributed by atoms with E-state index in [0.29, 0.717) is 38.5 Å². The largest absolute Gasteiger partial charge is 0.481 e. The lowest BCUT2D eigenvalue weighted by Gasteiger charge is -2.19. The fourth-order valence-corrected chi connectivity index (χ4v) is 3.42. The molecule has 1 aliphatic rings. The van der Waals surface area contributed by atoms with Crippen LogP contribution in [0.1, 0.15) is 58.3 Å². The van der Waals surface area contributed by atoms with Crippen LogP contribution in [0.2, 0.25) is 0 Å². The van der Waals surface area contributed by atoms with Gasteiger partial charge in [-0.3, -0.25) is 4.79 Å². The number of carboxylic acid groups (broad SMARTS) is 1. The van der Waals surface area contributed by atoms with Crippen molar-refractivity contribution in [1.29, 1.82) is 0 Å². The summed E-state index contributed by atoms with van der Waals surface area (Å²) in [5.41, 5.74) is 0. The standard InChI is InChI=1S/C20H34O6/c1-14(21)7-6-8-15(22)11-12-17-16(18(23)13-19(17)24)9-4-2-3-5-10-20(25)26/h2,4,11-12,14-19,21-24H,3,5-10,13H2,1H3,(H,25,26)/t14-,15+,16-,17-,18+,19-/m1/s1. The van der Waals surface area contributed by atoms with Gasteiger partial charge in [-0.25, -0.2) is 0 Å². The Hall–Kier alpha value is -1.21. The van der Waals surface area contributed by atoms with E-state index in [1.54, 1.807) is 19.1 Å². The first kappa shape index (κ1) is 22.8. The molecule has 0 heterocycles. The maximum absolute atomic E-state index is 10.5. The van der Waals surface area contributed by atoms with E-state index in [1.807, 2.05) is 12.2 Å². The summed E-state index contributed by atoms with van der Waals surface area (Å²) in [4.78, 5) is 10.5. The van der Waals surface area contributed by atoms with Crippen molar-refractivity contribution in [3.05, 3.63) is 24.3 Å². The van der Waals surface area contributed by atoms with Gasteiger partial charge in [0.1, 0.15) is 0 Å². The number of allylic oxidation sites excluding steroid dienone is 2. The highest BCUT2D eigenvalue weighted by Crippen LogP contribution is 2.36. The zero-order chi connectivity index (χ0) is 19.5. The molecule has 0 bridgehead atoms. The summed E-state index contributed by atoms with van der Waals surface area (Å²) in [5.74, 6) is -1.12. The lowest BCUT2D eigenvalue weighted by atomic mass is 9.89. The predicted octanol–water partition coefficient (Wildman–Crippen LogP) is 2.01. The summed E-state index contributed by atoms with van der Waals surface area (Å²) in [6.07, 6.45) is 9.41. The monoisotopic (exact) mass is 370 g/mol. The van der Waals surface area contributed by atoms with Gasteiger partial charge in [-0.05, 0) is 51.4 Å². The number of carboxylic acids is 1. The van der Waals surface area contributed by atoms with Crippen LogP contribution in [-0.2, 0) is 4.79 Å². The summed E-state index contributed by atoms with van der Waals surface area (Å²) in [6.45, 7) is 1.72. The molecule has 0 saturated heterocycles. The first-order valence-electron chi connectivity index (χ1n) is 9.58. The Labute approximate surface area is 155 Å². The van der Waals surface area contributed by atoms with E-state index in [9.17, 15) is 25.2 Å². The van der Waals surface area contributed by atoms with Crippen LogP contribution in [0, 0.1) is 11.8 Å². The molecule has 0 aromatic heterocycles. The van der Waals surface area contributed by atoms with Crippen molar-refractivity contribution in [1.82, 2.24) is 0 Å². The second kappa shape index (κ2) is 12.2. The molecule has 1 saturated carbocycles. The van der Waals surface area contributed by atoms with Gasteiger partial charge in [-0.1, -0.05) is 24.3 Å². The SMILES string of the molecule is C[C@@H](O)CCC[C@H](O)C=C[C@@H]1[C@@H](CC=CCCCC(=O)O)[C@@H](O)C[C@H]1O. The number of rotatable bonds is 12. The summed E-state index contributed by atoms with van der Waals surface area (Å²) in [7, 11) is 0. The summed E-state index contributed by atoms with van der Waals surface area (Å²) in [5, 5.41) is 48.2. The van der Waals surface area contributed by atoms with E-state index < -0.39 is 24.3 Å². The molecule has 5 N–H and O–H groups in total. The quantitative estimate of drug-likeness (QED) is 0.265. The van der Waals surface area contributed by atoms with E-state index >= 15 is 0 Å². The topological polar surface area (TPSA) is 118 Å². The van der Waals surface area contributed by atoms with Crippen molar-refractivity contribution < 1.29 is 30.3 Å². The number of aliphatic hydroxyl groups excluding tert-OH is 4. The molecular formula is C20H34O6. The van der Waals surface area contributed by atoms with Gasteiger partial charge < -0.3 is 25.5 Å². The van der Waals surface area contributed by atoms with Crippen molar-refractivity contribution in [2.24, 2.45) is 11.8 Å². The highest BCUT2D eigenvalue weighted by Gasteiger charge is 2.39. The minimum Gasteiger partial charge on any atom is -0.481 e. The number of hydrogen-bond acceptors (Lipinski definition) is 5. The molecule has 0 aromatic carbocycles. The Morgan fingerprint density at radius 1 is 1.12 bits per heavy atom. The van der Waals surface area contributed by atoms with Gasteiger partial charge in [0.2, 0.25) is 0 Å². The first-order valence-corrected chi connectivity index (χ1v) is 9.58. The van der Waals surface area contributed by atoms with Crippen molar-refractivity contribution in [2.75, 3.05) is 0 Å². The van der Waals surface area contributed by atoms with Crippen LogP contribution in [0.15, 0.2) is 24.3 Å². The zero-order valence-electron chi connectivity index (χ0n) is 15.6. The first-order chi connectivity index (χ1) is 12.3. The third kappa shape index (κ3) is 8.94. The molecule has 0 unspecified atom stereocenters. The predicted molar refractivity (Wildman–Crippen MR) is 99.5 cm³/mol. The fourth-order valence-electron chi connectivity index (χ4n) is 3.42. The van der Waals surface area contributed by atoms with Gasteiger partial charge in [-0.2, -0.15) is 0 Å². The van der Waals surface area contributed by atoms with Crippen LogP contribution in [0.25, 0.3) is 0 Å². The van der Waals surface area contributed by atoms with Crippen LogP contribution < -0.4 is 0 Å². The zero-order valence-corrected chi connectivity index (χ0v) is 15.6. The molecule has 0 spiro atoms. The van der Waals surface area contributed by atoms with Crippen molar-refractivity contribution in [2.45, 2.75) is 82.7 Å². The highest BCUT2D eigenvalue weighted by atomic mass is 16.4. The molecule has 6 atom stereocenters. The second-order valence-electron chi connectivity index (χ2n) is 7.34. The van der Waals surface area contributed by atoms with Crippen LogP contribution >= 0.6 is 0 Å². The number of aliphatic carboxylic acids is 1. The molecule has 6 nitrogen and oxygen atoms in total. The number of carbonyl (C=O) groups is 1. The molecule has 0 amide bonds. The van der Waals surface area contributed by atoms with E-state index in [0.717, 1.165) is 6.42 Å². The van der Waals surface area contributed by atoms with Gasteiger partial charge in [0.05, 0.1) is 24.4 Å². The Balaban J connectivity index is 2.46. The van der Waals surface area contributed by atoms with Gasteiger partial charge in [-0.15, -0.1) is 0 Å². The van der Waals surface area contributed by atoms with E-state index in [2.05, 4.69) is 0 Å². The van der Waals surface area contributed by atoms with Crippen LogP contribution in [-0.4, -0.2) is 55.9 Å². The number of hydrogen-bond donors (Lipinski definition) is 5. The van der Waals surface area contributed by atoms with E-state index in [-0.39, 0.29) is 24.4 Å². The third-order valence-electron chi connectivity index (χ3n) is 4.93. The molecule has 0 radical (unpaired) electrons. The molecular weight excluding hydrogens is 336 g/mol. The summed E-state index contributed by atoms with van der Waals surface area (Å²) in [6, 6.07) is 0. The Kier molecular flexibility index (Phi) is 10.7. The third-order valence-corrected chi connectivity index (χ3v) is 4.93. The molecule has 6 heteroatoms. The van der Waals surface area contributed by atoms with Crippen molar-refractivity contribution in [3.8, 4) is 0 Å². The van der Waals surface area contributed by atoms with Crippen LogP contribution in [0.4, 0.5) is 0 Å². The van der Waals surface area contributed by atoms with Crippen LogP contribution in [0.5, 0.6) is 0 Å². The maximum atomic E-state index is 10.5. The molecule has 1 rings (SSSR count). The van der Waals surface area contributed by atoms with Gasteiger partial charge >= 0.3 is 5.97 Å². The Bertz CT molecular complexity index is 459. The summed E-state index contributed by atoms with van der Waals surface area (Å²) >= 11 is 0. The Morgan fingerprint density at radius 3 is 2.50 bits per heavy atom. The van der Waals surface area contributed by atoms with Gasteiger partial charge in [0.25, 0.3) is 0 Å². The van der Waals surface area contributed by atoms with Crippen LogP contribution in [0.3, 0.4) is 0 Å².